The maximum Gasteiger partial charge on any atom is 0.0347 e. The molecule has 0 bridgehead atoms. The summed E-state index contributed by atoms with van der Waals surface area (Å²) in [7, 11) is 0. The smallest absolute Gasteiger partial charge is 0.0347 e. The van der Waals surface area contributed by atoms with Crippen molar-refractivity contribution < 1.29 is 20.1 Å². The Morgan fingerprint density at radius 3 is 2.00 bits per heavy atom. The predicted molar refractivity (Wildman–Crippen MR) is 97.1 cm³/mol. The summed E-state index contributed by atoms with van der Waals surface area (Å²) in [5, 5.41) is 2.37. The molecule has 0 atom stereocenters. The topological polar surface area (TPSA) is 12.9 Å². The third-order valence-electron chi connectivity index (χ3n) is 4.15. The molecule has 119 valence electrons. The Hall–Kier alpha value is -2.41. The molecule has 24 heavy (non-hydrogen) atoms. The van der Waals surface area contributed by atoms with Crippen LogP contribution in [0, 0.1) is 6.92 Å². The van der Waals surface area contributed by atoms with E-state index in [1.165, 1.54) is 10.9 Å². The van der Waals surface area contributed by atoms with Crippen LogP contribution in [-0.2, 0) is 20.1 Å². The van der Waals surface area contributed by atoms with Crippen molar-refractivity contribution >= 4 is 10.8 Å². The summed E-state index contributed by atoms with van der Waals surface area (Å²) >= 11 is 0. The molecule has 4 rings (SSSR count). The molecule has 0 aliphatic heterocycles. The predicted octanol–water partition coefficient (Wildman–Crippen LogP) is 5.75. The molecule has 0 saturated carbocycles. The van der Waals surface area contributed by atoms with Crippen LogP contribution in [0.1, 0.15) is 5.56 Å². The molecule has 0 spiro atoms. The molecule has 1 radical (unpaired) electrons. The molecule has 0 saturated heterocycles. The zero-order valence-electron chi connectivity index (χ0n) is 13.1. The van der Waals surface area contributed by atoms with E-state index in [1.807, 2.05) is 30.5 Å². The van der Waals surface area contributed by atoms with Crippen molar-refractivity contribution in [2.45, 2.75) is 0 Å². The number of nitrogens with zero attached hydrogens (tertiary/aromatic N) is 1. The number of aromatic nitrogens is 1. The fourth-order valence-corrected chi connectivity index (χ4v) is 3.01. The Morgan fingerprint density at radius 2 is 1.25 bits per heavy atom. The van der Waals surface area contributed by atoms with Crippen molar-refractivity contribution in [2.24, 2.45) is 0 Å². The third-order valence-corrected chi connectivity index (χ3v) is 4.15. The average Bonchev–Trinajstić information content (AvgIpc) is 2.62. The second-order valence-corrected chi connectivity index (χ2v) is 5.59. The molecule has 4 aromatic rings. The van der Waals surface area contributed by atoms with Crippen LogP contribution in [0.2, 0.25) is 0 Å². The van der Waals surface area contributed by atoms with Crippen molar-refractivity contribution in [3.63, 3.8) is 0 Å². The summed E-state index contributed by atoms with van der Waals surface area (Å²) < 4.78 is 0. The van der Waals surface area contributed by atoms with E-state index in [1.54, 1.807) is 0 Å². The van der Waals surface area contributed by atoms with Gasteiger partial charge in [0, 0.05) is 37.6 Å². The first-order chi connectivity index (χ1) is 11.3. The Balaban J connectivity index is 0.00000169. The van der Waals surface area contributed by atoms with Crippen LogP contribution < -0.4 is 0 Å². The third kappa shape index (κ3) is 2.87. The van der Waals surface area contributed by atoms with Gasteiger partial charge in [-0.3, -0.25) is 4.98 Å². The van der Waals surface area contributed by atoms with Crippen molar-refractivity contribution in [1.29, 1.82) is 0 Å². The van der Waals surface area contributed by atoms with Gasteiger partial charge in [0.15, 0.2) is 0 Å². The van der Waals surface area contributed by atoms with E-state index < -0.39 is 0 Å². The normalized spacial score (nSPS) is 10.3. The first kappa shape index (κ1) is 16.4. The van der Waals surface area contributed by atoms with Gasteiger partial charge >= 0.3 is 0 Å². The Bertz CT molecular complexity index is 977. The summed E-state index contributed by atoms with van der Waals surface area (Å²) in [6.45, 7) is 4.14. The van der Waals surface area contributed by atoms with Gasteiger partial charge in [0.1, 0.15) is 0 Å². The van der Waals surface area contributed by atoms with Crippen molar-refractivity contribution in [3.8, 4) is 22.4 Å². The molecular weight excluding hydrogens is 470 g/mol. The Morgan fingerprint density at radius 1 is 0.625 bits per heavy atom. The maximum atomic E-state index is 4.77. The van der Waals surface area contributed by atoms with Crippen LogP contribution >= 0.6 is 0 Å². The van der Waals surface area contributed by atoms with Crippen LogP contribution in [0.4, 0.5) is 0 Å². The number of rotatable bonds is 2. The van der Waals surface area contributed by atoms with Crippen LogP contribution in [-0.4, -0.2) is 4.98 Å². The van der Waals surface area contributed by atoms with Gasteiger partial charge in [-0.2, -0.15) is 18.6 Å². The summed E-state index contributed by atoms with van der Waals surface area (Å²) in [6.07, 6.45) is 1.97. The first-order valence-corrected chi connectivity index (χ1v) is 7.69. The molecule has 1 nitrogen and oxygen atoms in total. The van der Waals surface area contributed by atoms with E-state index in [4.69, 9.17) is 4.98 Å². The quantitative estimate of drug-likeness (QED) is 0.329. The van der Waals surface area contributed by atoms with Gasteiger partial charge in [-0.25, -0.2) is 0 Å². The average molecular weight is 487 g/mol. The fourth-order valence-electron chi connectivity index (χ4n) is 3.01. The molecule has 0 unspecified atom stereocenters. The molecule has 3 aromatic carbocycles. The summed E-state index contributed by atoms with van der Waals surface area (Å²) in [4.78, 5) is 4.77. The number of fused-ring (bicyclic) bond motifs is 1. The molecular formula is C22H16IrN-. The number of benzene rings is 3. The van der Waals surface area contributed by atoms with E-state index in [-0.39, 0.29) is 20.1 Å². The first-order valence-electron chi connectivity index (χ1n) is 7.69. The Kier molecular flexibility index (Phi) is 4.80. The fraction of sp³-hybridized carbons (Fsp3) is 0. The zero-order valence-corrected chi connectivity index (χ0v) is 15.5. The van der Waals surface area contributed by atoms with Crippen molar-refractivity contribution in [1.82, 2.24) is 4.98 Å². The van der Waals surface area contributed by atoms with Gasteiger partial charge in [0.25, 0.3) is 0 Å². The molecule has 0 aliphatic carbocycles. The molecule has 1 aromatic heterocycles. The number of hydrogen-bond donors (Lipinski definition) is 0. The van der Waals surface area contributed by atoms with Crippen LogP contribution in [0.25, 0.3) is 33.2 Å². The maximum absolute atomic E-state index is 4.77. The van der Waals surface area contributed by atoms with Crippen LogP contribution in [0.5, 0.6) is 0 Å². The van der Waals surface area contributed by atoms with Gasteiger partial charge < -0.3 is 0 Å². The molecule has 0 N–H and O–H groups in total. The van der Waals surface area contributed by atoms with Crippen molar-refractivity contribution in [3.05, 3.63) is 97.5 Å². The van der Waals surface area contributed by atoms with Crippen LogP contribution in [0.15, 0.2) is 85.1 Å². The summed E-state index contributed by atoms with van der Waals surface area (Å²) in [5.74, 6) is 0. The second-order valence-electron chi connectivity index (χ2n) is 5.59. The van der Waals surface area contributed by atoms with Crippen molar-refractivity contribution in [2.75, 3.05) is 0 Å². The van der Waals surface area contributed by atoms with Gasteiger partial charge in [-0.15, -0.1) is 17.7 Å². The van der Waals surface area contributed by atoms with Gasteiger partial charge in [-0.05, 0) is 16.3 Å². The van der Waals surface area contributed by atoms with Gasteiger partial charge in [0.2, 0.25) is 0 Å². The van der Waals surface area contributed by atoms with Gasteiger partial charge in [0.05, 0.1) is 0 Å². The molecule has 0 fully saturated rings. The zero-order chi connectivity index (χ0) is 15.6. The van der Waals surface area contributed by atoms with E-state index in [2.05, 4.69) is 61.5 Å². The second kappa shape index (κ2) is 7.00. The Labute approximate surface area is 155 Å². The molecule has 0 aliphatic rings. The van der Waals surface area contributed by atoms with Crippen LogP contribution in [0.3, 0.4) is 0 Å². The monoisotopic (exact) mass is 487 g/mol. The van der Waals surface area contributed by atoms with E-state index in [9.17, 15) is 0 Å². The van der Waals surface area contributed by atoms with E-state index in [0.29, 0.717) is 0 Å². The standard InChI is InChI=1S/C22H16N.Ir/c1-16-9-5-6-12-18(16)22-20-14-8-7-13-19(20)21(15-23-22)17-10-3-2-4-11-17;/h2-15H,1H2;/q-1;. The summed E-state index contributed by atoms with van der Waals surface area (Å²) in [5.41, 5.74) is 5.42. The summed E-state index contributed by atoms with van der Waals surface area (Å²) in [6, 6.07) is 27.0. The minimum Gasteiger partial charge on any atom is -0.268 e. The molecule has 1 heterocycles. The van der Waals surface area contributed by atoms with E-state index >= 15 is 0 Å². The molecule has 2 heteroatoms. The minimum absolute atomic E-state index is 0. The number of hydrogen-bond acceptors (Lipinski definition) is 1. The largest absolute Gasteiger partial charge is 0.268 e. The van der Waals surface area contributed by atoms with E-state index in [0.717, 1.165) is 27.8 Å². The number of pyridine rings is 1. The minimum atomic E-state index is 0. The van der Waals surface area contributed by atoms with Gasteiger partial charge in [-0.1, -0.05) is 60.7 Å². The molecule has 0 amide bonds. The SMILES string of the molecule is [CH2-]c1ccccc1-c1ncc(-c2ccccc2)c2ccccc12.[Ir].